The summed E-state index contributed by atoms with van der Waals surface area (Å²) in [7, 11) is 1.29. The molecule has 10 nitrogen and oxygen atoms in total. The first kappa shape index (κ1) is 21.2. The lowest BCUT2D eigenvalue weighted by molar-refractivity contribution is -0.150. The molecule has 3 heterocycles. The molecule has 1 aromatic heterocycles. The number of carbonyl (C=O) groups excluding carboxylic acids is 2. The summed E-state index contributed by atoms with van der Waals surface area (Å²) >= 11 is 2.57. The van der Waals surface area contributed by atoms with Crippen molar-refractivity contribution in [1.82, 2.24) is 15.2 Å². The summed E-state index contributed by atoms with van der Waals surface area (Å²) in [4.78, 5) is 47.8. The standard InChI is InChI=1S/C21H17N5O5S2/c1-31-25-13(12-8-32-21(22)23-12)17(27)24-14-18(28)26-15(20(29)30)11-7-10(16(11)33-19(14)26)9-5-3-2-4-6-9/h2-8,14,16,19H,1H3,(H2,22,23)(H,24,27)(H,29,30)/b25-13-/t14-,16+,19-/m1/s1. The minimum absolute atomic E-state index is 0.0445. The molecule has 2 aliphatic heterocycles. The highest BCUT2D eigenvalue weighted by atomic mass is 32.2. The molecule has 0 spiro atoms. The summed E-state index contributed by atoms with van der Waals surface area (Å²) in [5, 5.41) is 17.2. The van der Waals surface area contributed by atoms with Crippen LogP contribution >= 0.6 is 23.1 Å². The van der Waals surface area contributed by atoms with Gasteiger partial charge in [0.05, 0.1) is 5.25 Å². The Labute approximate surface area is 195 Å². The number of hydrogen-bond donors (Lipinski definition) is 3. The molecule has 1 aliphatic carbocycles. The van der Waals surface area contributed by atoms with E-state index >= 15 is 0 Å². The summed E-state index contributed by atoms with van der Waals surface area (Å²) < 4.78 is 0. The van der Waals surface area contributed by atoms with Crippen LogP contribution in [0.25, 0.3) is 5.57 Å². The van der Waals surface area contributed by atoms with Crippen molar-refractivity contribution in [3.8, 4) is 0 Å². The molecule has 0 bridgehead atoms. The largest absolute Gasteiger partial charge is 0.477 e. The van der Waals surface area contributed by atoms with Crippen LogP contribution in [0.15, 0.2) is 58.2 Å². The zero-order chi connectivity index (χ0) is 23.3. The van der Waals surface area contributed by atoms with Crippen LogP contribution in [-0.4, -0.2) is 62.3 Å². The number of aliphatic carboxylic acids is 1. The minimum Gasteiger partial charge on any atom is -0.477 e. The van der Waals surface area contributed by atoms with Crippen molar-refractivity contribution in [3.05, 3.63) is 64.3 Å². The van der Waals surface area contributed by atoms with Crippen molar-refractivity contribution in [3.63, 3.8) is 0 Å². The monoisotopic (exact) mass is 483 g/mol. The maximum atomic E-state index is 12.9. The fourth-order valence-corrected chi connectivity index (χ4v) is 6.15. The van der Waals surface area contributed by atoms with Gasteiger partial charge in [0.1, 0.15) is 29.9 Å². The molecule has 4 N–H and O–H groups in total. The van der Waals surface area contributed by atoms with Crippen LogP contribution in [0.1, 0.15) is 11.3 Å². The molecule has 5 rings (SSSR count). The maximum absolute atomic E-state index is 12.9. The van der Waals surface area contributed by atoms with Gasteiger partial charge >= 0.3 is 5.97 Å². The number of oxime groups is 1. The molecule has 3 aliphatic rings. The van der Waals surface area contributed by atoms with Gasteiger partial charge in [-0.2, -0.15) is 0 Å². The third-order valence-corrected chi connectivity index (χ3v) is 7.68. The van der Waals surface area contributed by atoms with Crippen LogP contribution < -0.4 is 11.1 Å². The lowest BCUT2D eigenvalue weighted by Gasteiger charge is -2.53. The molecule has 168 valence electrons. The van der Waals surface area contributed by atoms with Gasteiger partial charge in [-0.3, -0.25) is 14.5 Å². The Morgan fingerprint density at radius 2 is 2.06 bits per heavy atom. The van der Waals surface area contributed by atoms with E-state index in [-0.39, 0.29) is 27.5 Å². The molecule has 0 saturated carbocycles. The number of nitrogens with zero attached hydrogens (tertiary/aromatic N) is 3. The van der Waals surface area contributed by atoms with Gasteiger partial charge < -0.3 is 21.0 Å². The average molecular weight is 484 g/mol. The van der Waals surface area contributed by atoms with E-state index in [0.29, 0.717) is 5.57 Å². The second-order valence-corrected chi connectivity index (χ2v) is 9.45. The van der Waals surface area contributed by atoms with E-state index in [1.54, 1.807) is 5.38 Å². The third kappa shape index (κ3) is 3.38. The lowest BCUT2D eigenvalue weighted by atomic mass is 9.84. The summed E-state index contributed by atoms with van der Waals surface area (Å²) in [6, 6.07) is 8.71. The Morgan fingerprint density at radius 1 is 1.30 bits per heavy atom. The molecular formula is C21H17N5O5S2. The first-order valence-corrected chi connectivity index (χ1v) is 11.6. The van der Waals surface area contributed by atoms with Crippen LogP contribution in [0.3, 0.4) is 0 Å². The summed E-state index contributed by atoms with van der Waals surface area (Å²) in [5.74, 6) is -2.35. The fraction of sp³-hybridized carbons (Fsp3) is 0.190. The molecular weight excluding hydrogens is 466 g/mol. The Morgan fingerprint density at radius 3 is 2.70 bits per heavy atom. The molecule has 3 atom stereocenters. The van der Waals surface area contributed by atoms with Gasteiger partial charge in [0.15, 0.2) is 10.8 Å². The topological polar surface area (TPSA) is 147 Å². The van der Waals surface area contributed by atoms with Crippen molar-refractivity contribution in [2.24, 2.45) is 5.16 Å². The van der Waals surface area contributed by atoms with Gasteiger partial charge in [0.25, 0.3) is 11.8 Å². The molecule has 12 heteroatoms. The zero-order valence-electron chi connectivity index (χ0n) is 17.1. The van der Waals surface area contributed by atoms with E-state index in [9.17, 15) is 19.5 Å². The number of β-lactam (4-membered cyclic amide) rings is 1. The van der Waals surface area contributed by atoms with Gasteiger partial charge in [0, 0.05) is 11.0 Å². The lowest BCUT2D eigenvalue weighted by Crippen LogP contribution is -2.72. The molecule has 0 radical (unpaired) electrons. The highest BCUT2D eigenvalue weighted by molar-refractivity contribution is 8.01. The van der Waals surface area contributed by atoms with Crippen LogP contribution in [0.4, 0.5) is 5.13 Å². The van der Waals surface area contributed by atoms with Gasteiger partial charge in [-0.05, 0) is 17.2 Å². The normalized spacial score (nSPS) is 23.6. The maximum Gasteiger partial charge on any atom is 0.352 e. The third-order valence-electron chi connectivity index (χ3n) is 5.47. The first-order valence-electron chi connectivity index (χ1n) is 9.77. The summed E-state index contributed by atoms with van der Waals surface area (Å²) in [6.07, 6.45) is 1.81. The highest BCUT2D eigenvalue weighted by Crippen LogP contribution is 2.53. The average Bonchev–Trinajstić information content (AvgIpc) is 3.22. The number of carboxylic acid groups (broad SMARTS) is 1. The number of rotatable bonds is 6. The Hall–Kier alpha value is -3.64. The van der Waals surface area contributed by atoms with Gasteiger partial charge in [-0.1, -0.05) is 35.5 Å². The molecule has 33 heavy (non-hydrogen) atoms. The second kappa shape index (κ2) is 8.05. The Kier molecular flexibility index (Phi) is 5.17. The molecule has 1 saturated heterocycles. The Bertz CT molecular complexity index is 1270. The number of benzene rings is 1. The SMILES string of the molecule is CO/N=C(\C(=O)N[C@@H]1C(=O)N2C(C(=O)O)=C3C=C(c4ccccc4)[C@@H]3S[C@H]12)c1csc(N)n1. The van der Waals surface area contributed by atoms with E-state index in [0.717, 1.165) is 22.5 Å². The van der Waals surface area contributed by atoms with Gasteiger partial charge in [-0.25, -0.2) is 9.78 Å². The summed E-state index contributed by atoms with van der Waals surface area (Å²) in [5.41, 5.74) is 8.27. The minimum atomic E-state index is -1.18. The number of aromatic nitrogens is 1. The number of hydrogen-bond acceptors (Lipinski definition) is 9. The van der Waals surface area contributed by atoms with Crippen molar-refractivity contribution >= 4 is 57.3 Å². The van der Waals surface area contributed by atoms with Crippen LogP contribution in [-0.2, 0) is 19.2 Å². The predicted molar refractivity (Wildman–Crippen MR) is 123 cm³/mol. The van der Waals surface area contributed by atoms with E-state index in [4.69, 9.17) is 10.6 Å². The number of thiazole rings is 1. The van der Waals surface area contributed by atoms with Crippen molar-refractivity contribution in [2.45, 2.75) is 16.7 Å². The van der Waals surface area contributed by atoms with Crippen molar-refractivity contribution < 1.29 is 24.3 Å². The number of fused-ring (bicyclic) bond motifs is 2. The molecule has 2 aromatic rings. The highest BCUT2D eigenvalue weighted by Gasteiger charge is 2.58. The Balaban J connectivity index is 1.41. The first-order chi connectivity index (χ1) is 15.9. The van der Waals surface area contributed by atoms with Crippen LogP contribution in [0.2, 0.25) is 0 Å². The molecule has 2 amide bonds. The smallest absolute Gasteiger partial charge is 0.352 e. The number of nitrogen functional groups attached to an aromatic ring is 1. The second-order valence-electron chi connectivity index (χ2n) is 7.33. The quantitative estimate of drug-likeness (QED) is 0.316. The van der Waals surface area contributed by atoms with E-state index in [1.165, 1.54) is 23.8 Å². The summed E-state index contributed by atoms with van der Waals surface area (Å²) in [6.45, 7) is 0. The molecule has 1 aromatic carbocycles. The molecule has 0 unspecified atom stereocenters. The van der Waals surface area contributed by atoms with Crippen molar-refractivity contribution in [2.75, 3.05) is 12.8 Å². The number of anilines is 1. The van der Waals surface area contributed by atoms with Gasteiger partial charge in [-0.15, -0.1) is 23.1 Å². The predicted octanol–water partition coefficient (Wildman–Crippen LogP) is 1.28. The number of carboxylic acids is 1. The zero-order valence-corrected chi connectivity index (χ0v) is 18.7. The van der Waals surface area contributed by atoms with E-state index in [2.05, 4.69) is 15.5 Å². The number of allylic oxidation sites excluding steroid dienone is 1. The van der Waals surface area contributed by atoms with Crippen molar-refractivity contribution in [1.29, 1.82) is 0 Å². The number of carbonyl (C=O) groups is 3. The van der Waals surface area contributed by atoms with Crippen LogP contribution in [0.5, 0.6) is 0 Å². The number of nitrogens with one attached hydrogen (secondary N) is 1. The van der Waals surface area contributed by atoms with Crippen LogP contribution in [0, 0.1) is 0 Å². The number of thioether (sulfide) groups is 1. The van der Waals surface area contributed by atoms with E-state index in [1.807, 2.05) is 36.4 Å². The molecule has 1 fully saturated rings. The number of amides is 2. The fourth-order valence-electron chi connectivity index (χ4n) is 3.98. The van der Waals surface area contributed by atoms with Gasteiger partial charge in [0.2, 0.25) is 0 Å². The van der Waals surface area contributed by atoms with E-state index < -0.39 is 29.2 Å². The number of nitrogens with two attached hydrogens (primary N) is 1.